The van der Waals surface area contributed by atoms with Gasteiger partial charge in [-0.1, -0.05) is 17.7 Å². The van der Waals surface area contributed by atoms with Crippen molar-refractivity contribution in [2.24, 2.45) is 0 Å². The minimum absolute atomic E-state index is 0.255. The summed E-state index contributed by atoms with van der Waals surface area (Å²) in [6, 6.07) is 6.52. The summed E-state index contributed by atoms with van der Waals surface area (Å²) in [5.41, 5.74) is 0.383. The summed E-state index contributed by atoms with van der Waals surface area (Å²) < 4.78 is 14.9. The molecule has 0 N–H and O–H groups in total. The third-order valence-corrected chi connectivity index (χ3v) is 2.83. The molecule has 6 heteroatoms. The average molecular weight is 315 g/mol. The number of hydrogen-bond donors (Lipinski definition) is 0. The Labute approximate surface area is 129 Å². The van der Waals surface area contributed by atoms with Crippen LogP contribution in [0.4, 0.5) is 4.79 Å². The highest BCUT2D eigenvalue weighted by atomic mass is 35.5. The lowest BCUT2D eigenvalue weighted by Gasteiger charge is -2.18. The van der Waals surface area contributed by atoms with E-state index in [1.807, 2.05) is 0 Å². The Balaban J connectivity index is 2.44. The van der Waals surface area contributed by atoms with E-state index < -0.39 is 24.3 Å². The molecule has 0 aliphatic rings. The molecule has 1 aromatic rings. The Morgan fingerprint density at radius 3 is 2.48 bits per heavy atom. The fraction of sp³-hybridized carbons (Fsp3) is 0.467. The van der Waals surface area contributed by atoms with Crippen molar-refractivity contribution in [3.8, 4) is 0 Å². The van der Waals surface area contributed by atoms with Crippen molar-refractivity contribution >= 4 is 23.7 Å². The molecule has 0 heterocycles. The largest absolute Gasteiger partial charge is 0.508 e. The van der Waals surface area contributed by atoms with Crippen molar-refractivity contribution in [1.29, 1.82) is 0 Å². The lowest BCUT2D eigenvalue weighted by Crippen LogP contribution is -2.24. The first-order valence-corrected chi connectivity index (χ1v) is 7.10. The van der Waals surface area contributed by atoms with Crippen LogP contribution < -0.4 is 0 Å². The van der Waals surface area contributed by atoms with Crippen LogP contribution in [0.25, 0.3) is 0 Å². The highest BCUT2D eigenvalue weighted by molar-refractivity contribution is 6.30. The fourth-order valence-corrected chi connectivity index (χ4v) is 1.94. The average Bonchev–Trinajstić information content (AvgIpc) is 2.38. The van der Waals surface area contributed by atoms with Gasteiger partial charge in [-0.2, -0.15) is 0 Å². The summed E-state index contributed by atoms with van der Waals surface area (Å²) in [4.78, 5) is 23.0. The van der Waals surface area contributed by atoms with E-state index in [1.165, 1.54) is 6.07 Å². The first-order chi connectivity index (χ1) is 9.92. The van der Waals surface area contributed by atoms with Crippen LogP contribution in [-0.2, 0) is 14.2 Å². The van der Waals surface area contributed by atoms with Crippen molar-refractivity contribution in [3.63, 3.8) is 0 Å². The van der Waals surface area contributed by atoms with Crippen LogP contribution in [0.15, 0.2) is 24.3 Å². The SMILES string of the molecule is CCOC(=O)OC(C)CC(C)OC(=O)c1cccc(Cl)c1. The Bertz CT molecular complexity index is 489. The molecule has 0 radical (unpaired) electrons. The number of carbonyl (C=O) groups is 2. The maximum atomic E-state index is 11.9. The van der Waals surface area contributed by atoms with Crippen LogP contribution in [-0.4, -0.2) is 30.9 Å². The second-order valence-electron chi connectivity index (χ2n) is 4.57. The van der Waals surface area contributed by atoms with Crippen LogP contribution in [0.3, 0.4) is 0 Å². The molecule has 116 valence electrons. The third-order valence-electron chi connectivity index (χ3n) is 2.59. The van der Waals surface area contributed by atoms with Crippen molar-refractivity contribution in [1.82, 2.24) is 0 Å². The molecule has 2 unspecified atom stereocenters. The Hall–Kier alpha value is -1.75. The number of halogens is 1. The van der Waals surface area contributed by atoms with Gasteiger partial charge in [0, 0.05) is 11.4 Å². The molecule has 0 aromatic heterocycles. The number of benzene rings is 1. The van der Waals surface area contributed by atoms with E-state index in [4.69, 9.17) is 21.1 Å². The molecule has 0 aliphatic carbocycles. The van der Waals surface area contributed by atoms with E-state index in [-0.39, 0.29) is 6.61 Å². The second kappa shape index (κ2) is 8.52. The number of hydrogen-bond acceptors (Lipinski definition) is 5. The molecule has 0 spiro atoms. The molecule has 5 nitrogen and oxygen atoms in total. The molecule has 21 heavy (non-hydrogen) atoms. The number of carbonyl (C=O) groups excluding carboxylic acids is 2. The van der Waals surface area contributed by atoms with Crippen molar-refractivity contribution in [2.75, 3.05) is 6.61 Å². The first-order valence-electron chi connectivity index (χ1n) is 6.72. The van der Waals surface area contributed by atoms with Crippen molar-refractivity contribution < 1.29 is 23.8 Å². The predicted octanol–water partition coefficient (Wildman–Crippen LogP) is 3.84. The van der Waals surface area contributed by atoms with Gasteiger partial charge in [-0.05, 0) is 39.0 Å². The van der Waals surface area contributed by atoms with Gasteiger partial charge < -0.3 is 14.2 Å². The van der Waals surface area contributed by atoms with Gasteiger partial charge in [0.1, 0.15) is 12.2 Å². The summed E-state index contributed by atoms with van der Waals surface area (Å²) in [7, 11) is 0. The normalized spacial score (nSPS) is 13.1. The lowest BCUT2D eigenvalue weighted by molar-refractivity contribution is 0.00175. The van der Waals surface area contributed by atoms with E-state index >= 15 is 0 Å². The van der Waals surface area contributed by atoms with E-state index in [2.05, 4.69) is 4.74 Å². The van der Waals surface area contributed by atoms with Crippen molar-refractivity contribution in [3.05, 3.63) is 34.9 Å². The molecule has 0 saturated heterocycles. The van der Waals surface area contributed by atoms with Gasteiger partial charge in [0.15, 0.2) is 0 Å². The number of rotatable bonds is 6. The quantitative estimate of drug-likeness (QED) is 0.747. The first kappa shape index (κ1) is 17.3. The van der Waals surface area contributed by atoms with Crippen LogP contribution in [0.1, 0.15) is 37.6 Å². The van der Waals surface area contributed by atoms with Gasteiger partial charge in [-0.15, -0.1) is 0 Å². The van der Waals surface area contributed by atoms with E-state index in [0.717, 1.165) is 0 Å². The number of ether oxygens (including phenoxy) is 3. The van der Waals surface area contributed by atoms with Gasteiger partial charge in [0.25, 0.3) is 0 Å². The third kappa shape index (κ3) is 6.49. The Morgan fingerprint density at radius 1 is 1.19 bits per heavy atom. The van der Waals surface area contributed by atoms with Gasteiger partial charge in [0.05, 0.1) is 12.2 Å². The minimum Gasteiger partial charge on any atom is -0.459 e. The Kier molecular flexibility index (Phi) is 7.02. The van der Waals surface area contributed by atoms with Crippen LogP contribution in [0.5, 0.6) is 0 Å². The van der Waals surface area contributed by atoms with Gasteiger partial charge in [0.2, 0.25) is 0 Å². The molecule has 2 atom stereocenters. The summed E-state index contributed by atoms with van der Waals surface area (Å²) in [6.07, 6.45) is -1.16. The highest BCUT2D eigenvalue weighted by Gasteiger charge is 2.18. The topological polar surface area (TPSA) is 61.8 Å². The van der Waals surface area contributed by atoms with Crippen LogP contribution in [0, 0.1) is 0 Å². The monoisotopic (exact) mass is 314 g/mol. The molecule has 0 saturated carbocycles. The summed E-state index contributed by atoms with van der Waals surface area (Å²) >= 11 is 5.82. The van der Waals surface area contributed by atoms with E-state index in [9.17, 15) is 9.59 Å². The maximum Gasteiger partial charge on any atom is 0.508 e. The highest BCUT2D eigenvalue weighted by Crippen LogP contribution is 2.14. The summed E-state index contributed by atoms with van der Waals surface area (Å²) in [5, 5.41) is 0.469. The number of esters is 1. The summed E-state index contributed by atoms with van der Waals surface area (Å²) in [5.74, 6) is -0.465. The zero-order valence-corrected chi connectivity index (χ0v) is 13.1. The molecule has 0 aliphatic heterocycles. The van der Waals surface area contributed by atoms with Gasteiger partial charge in [-0.25, -0.2) is 9.59 Å². The zero-order chi connectivity index (χ0) is 15.8. The second-order valence-corrected chi connectivity index (χ2v) is 5.01. The van der Waals surface area contributed by atoms with Gasteiger partial charge in [-0.3, -0.25) is 0 Å². The lowest BCUT2D eigenvalue weighted by atomic mass is 10.2. The zero-order valence-electron chi connectivity index (χ0n) is 12.3. The maximum absolute atomic E-state index is 11.9. The molecule has 0 fully saturated rings. The van der Waals surface area contributed by atoms with E-state index in [0.29, 0.717) is 17.0 Å². The van der Waals surface area contributed by atoms with Crippen LogP contribution >= 0.6 is 11.6 Å². The van der Waals surface area contributed by atoms with Gasteiger partial charge >= 0.3 is 12.1 Å². The minimum atomic E-state index is -0.724. The molecule has 0 bridgehead atoms. The molecule has 1 aromatic carbocycles. The summed E-state index contributed by atoms with van der Waals surface area (Å²) in [6.45, 7) is 5.39. The fourth-order valence-electron chi connectivity index (χ4n) is 1.75. The Morgan fingerprint density at radius 2 is 1.86 bits per heavy atom. The predicted molar refractivity (Wildman–Crippen MR) is 78.5 cm³/mol. The van der Waals surface area contributed by atoms with Crippen LogP contribution in [0.2, 0.25) is 5.02 Å². The molecular weight excluding hydrogens is 296 g/mol. The molecular formula is C15H19ClO5. The standard InChI is InChI=1S/C15H19ClO5/c1-4-19-15(18)21-11(3)8-10(2)20-14(17)12-6-5-7-13(16)9-12/h5-7,9-11H,4,8H2,1-3H3. The van der Waals surface area contributed by atoms with Crippen molar-refractivity contribution in [2.45, 2.75) is 39.4 Å². The molecule has 0 amide bonds. The van der Waals surface area contributed by atoms with E-state index in [1.54, 1.807) is 39.0 Å². The smallest absolute Gasteiger partial charge is 0.459 e. The molecule has 1 rings (SSSR count).